The van der Waals surface area contributed by atoms with Gasteiger partial charge in [0.05, 0.1) is 16.7 Å². The number of thioether (sulfide) groups is 1. The van der Waals surface area contributed by atoms with Crippen LogP contribution in [0, 0.1) is 0 Å². The molecule has 2 aliphatic rings. The summed E-state index contributed by atoms with van der Waals surface area (Å²) in [5.41, 5.74) is 7.60. The van der Waals surface area contributed by atoms with E-state index in [4.69, 9.17) is 15.0 Å². The van der Waals surface area contributed by atoms with Gasteiger partial charge in [-0.15, -0.1) is 11.8 Å². The Balaban J connectivity index is 1.27. The number of rotatable bonds is 4. The van der Waals surface area contributed by atoms with Gasteiger partial charge in [-0.3, -0.25) is 0 Å². The van der Waals surface area contributed by atoms with Crippen LogP contribution in [0.15, 0.2) is 151 Å². The minimum Gasteiger partial charge on any atom is -0.309 e. The van der Waals surface area contributed by atoms with Crippen molar-refractivity contribution in [3.05, 3.63) is 151 Å². The fraction of sp³-hybridized carbons (Fsp3) is 0.0513. The Bertz CT molecular complexity index is 2230. The summed E-state index contributed by atoms with van der Waals surface area (Å²) in [5, 5.41) is 2.89. The molecule has 1 aliphatic carbocycles. The van der Waals surface area contributed by atoms with Crippen molar-refractivity contribution in [3.63, 3.8) is 0 Å². The Labute approximate surface area is 259 Å². The van der Waals surface area contributed by atoms with Gasteiger partial charge >= 0.3 is 0 Å². The van der Waals surface area contributed by atoms with Crippen LogP contribution in [0.25, 0.3) is 61.7 Å². The lowest BCUT2D eigenvalue weighted by Gasteiger charge is -2.16. The fourth-order valence-electron chi connectivity index (χ4n) is 6.56. The first-order valence-corrected chi connectivity index (χ1v) is 15.8. The minimum absolute atomic E-state index is 0.367. The van der Waals surface area contributed by atoms with E-state index in [1.807, 2.05) is 30.0 Å². The van der Waals surface area contributed by atoms with E-state index in [-0.39, 0.29) is 0 Å². The van der Waals surface area contributed by atoms with Crippen LogP contribution in [0.2, 0.25) is 0 Å². The highest BCUT2D eigenvalue weighted by Crippen LogP contribution is 2.49. The lowest BCUT2D eigenvalue weighted by atomic mass is 9.91. The van der Waals surface area contributed by atoms with Crippen molar-refractivity contribution in [2.75, 3.05) is 0 Å². The second kappa shape index (κ2) is 10.2. The summed E-state index contributed by atoms with van der Waals surface area (Å²) in [6.07, 6.45) is 8.92. The van der Waals surface area contributed by atoms with E-state index in [2.05, 4.69) is 132 Å². The summed E-state index contributed by atoms with van der Waals surface area (Å²) >= 11 is 1.93. The van der Waals surface area contributed by atoms with Crippen molar-refractivity contribution in [2.45, 2.75) is 16.1 Å². The molecule has 208 valence electrons. The van der Waals surface area contributed by atoms with Gasteiger partial charge in [-0.25, -0.2) is 15.0 Å². The predicted molar refractivity (Wildman–Crippen MR) is 181 cm³/mol. The molecule has 1 aliphatic heterocycles. The second-order valence-corrected chi connectivity index (χ2v) is 12.4. The molecule has 2 unspecified atom stereocenters. The van der Waals surface area contributed by atoms with Gasteiger partial charge in [0, 0.05) is 43.5 Å². The first-order valence-electron chi connectivity index (χ1n) is 14.9. The van der Waals surface area contributed by atoms with E-state index in [1.165, 1.54) is 21.2 Å². The molecule has 0 fully saturated rings. The molecular weight excluding hydrogens is 557 g/mol. The van der Waals surface area contributed by atoms with Crippen molar-refractivity contribution in [1.82, 2.24) is 19.5 Å². The first-order chi connectivity index (χ1) is 21.8. The van der Waals surface area contributed by atoms with Gasteiger partial charge < -0.3 is 4.57 Å². The Morgan fingerprint density at radius 3 is 1.98 bits per heavy atom. The zero-order valence-corrected chi connectivity index (χ0v) is 24.5. The average Bonchev–Trinajstić information content (AvgIpc) is 3.64. The summed E-state index contributed by atoms with van der Waals surface area (Å²) in [6, 6.07) is 42.5. The zero-order chi connectivity index (χ0) is 29.0. The quantitative estimate of drug-likeness (QED) is 0.207. The zero-order valence-electron chi connectivity index (χ0n) is 23.7. The number of hydrogen-bond acceptors (Lipinski definition) is 4. The molecule has 2 aromatic heterocycles. The third-order valence-electron chi connectivity index (χ3n) is 8.61. The largest absolute Gasteiger partial charge is 0.309 e. The van der Waals surface area contributed by atoms with E-state index < -0.39 is 0 Å². The van der Waals surface area contributed by atoms with E-state index >= 15 is 0 Å². The maximum Gasteiger partial charge on any atom is 0.166 e. The molecule has 9 rings (SSSR count). The van der Waals surface area contributed by atoms with Crippen molar-refractivity contribution in [3.8, 4) is 39.9 Å². The Hall–Kier alpha value is -5.26. The van der Waals surface area contributed by atoms with Crippen LogP contribution in [-0.2, 0) is 0 Å². The van der Waals surface area contributed by atoms with Crippen LogP contribution in [0.4, 0.5) is 0 Å². The maximum atomic E-state index is 5.19. The number of aromatic nitrogens is 4. The Kier molecular flexibility index (Phi) is 5.84. The lowest BCUT2D eigenvalue weighted by molar-refractivity contribution is 0.880. The van der Waals surface area contributed by atoms with Crippen LogP contribution < -0.4 is 0 Å². The summed E-state index contributed by atoms with van der Waals surface area (Å²) in [7, 11) is 0. The molecule has 5 heteroatoms. The predicted octanol–water partition coefficient (Wildman–Crippen LogP) is 9.65. The van der Waals surface area contributed by atoms with Crippen molar-refractivity contribution in [2.24, 2.45) is 0 Å². The molecule has 4 nitrogen and oxygen atoms in total. The van der Waals surface area contributed by atoms with Crippen LogP contribution in [0.5, 0.6) is 0 Å². The Morgan fingerprint density at radius 1 is 0.545 bits per heavy atom. The fourth-order valence-corrected chi connectivity index (χ4v) is 7.89. The molecule has 2 atom stereocenters. The maximum absolute atomic E-state index is 5.19. The number of allylic oxidation sites excluding steroid dienone is 3. The van der Waals surface area contributed by atoms with Gasteiger partial charge in [-0.2, -0.15) is 0 Å². The molecule has 0 bridgehead atoms. The monoisotopic (exact) mass is 582 g/mol. The molecule has 0 saturated carbocycles. The normalized spacial score (nSPS) is 16.8. The highest BCUT2D eigenvalue weighted by atomic mass is 32.2. The van der Waals surface area contributed by atoms with Crippen molar-refractivity contribution in [1.29, 1.82) is 0 Å². The standard InChI is InChI=1S/C39H26N4S/c1-2-12-25(13-3-1)37-40-38(26-22-23-36-31(24-26)29-16-7-11-21-35(29)44-36)42-39(41-37)30-17-6-10-20-34(30)43-32-18-8-4-14-27(32)28-15-5-9-19-33(28)43/h1-24,29,35H. The molecule has 0 N–H and O–H groups in total. The van der Waals surface area contributed by atoms with Gasteiger partial charge in [-0.05, 0) is 42.0 Å². The average molecular weight is 583 g/mol. The number of fused-ring (bicyclic) bond motifs is 6. The van der Waals surface area contributed by atoms with E-state index in [0.29, 0.717) is 28.6 Å². The van der Waals surface area contributed by atoms with E-state index in [0.717, 1.165) is 33.4 Å². The number of benzene rings is 5. The second-order valence-electron chi connectivity index (χ2n) is 11.2. The number of nitrogens with zero attached hydrogens (tertiary/aromatic N) is 4. The molecule has 3 heterocycles. The van der Waals surface area contributed by atoms with Crippen LogP contribution in [-0.4, -0.2) is 24.8 Å². The number of para-hydroxylation sites is 3. The summed E-state index contributed by atoms with van der Waals surface area (Å²) in [4.78, 5) is 16.7. The SMILES string of the molecule is C1=CC2Sc3ccc(-c4nc(-c5ccccc5)nc(-c5ccccc5-n5c6ccccc6c6ccccc65)n4)cc3C2C=C1. The third kappa shape index (κ3) is 4.04. The van der Waals surface area contributed by atoms with Gasteiger partial charge in [0.25, 0.3) is 0 Å². The summed E-state index contributed by atoms with van der Waals surface area (Å²) in [5.74, 6) is 2.36. The molecule has 7 aromatic rings. The highest BCUT2D eigenvalue weighted by Gasteiger charge is 2.31. The molecule has 0 radical (unpaired) electrons. The molecule has 5 aromatic carbocycles. The van der Waals surface area contributed by atoms with Gasteiger partial charge in [0.2, 0.25) is 0 Å². The van der Waals surface area contributed by atoms with E-state index in [1.54, 1.807) is 0 Å². The smallest absolute Gasteiger partial charge is 0.166 e. The van der Waals surface area contributed by atoms with Crippen molar-refractivity contribution >= 4 is 33.6 Å². The van der Waals surface area contributed by atoms with Gasteiger partial charge in [0.15, 0.2) is 17.5 Å². The van der Waals surface area contributed by atoms with Crippen LogP contribution in [0.1, 0.15) is 11.5 Å². The van der Waals surface area contributed by atoms with Gasteiger partial charge in [0.1, 0.15) is 0 Å². The molecule has 0 spiro atoms. The van der Waals surface area contributed by atoms with Crippen LogP contribution >= 0.6 is 11.8 Å². The third-order valence-corrected chi connectivity index (χ3v) is 9.96. The molecule has 0 amide bonds. The Morgan fingerprint density at radius 2 is 1.18 bits per heavy atom. The highest BCUT2D eigenvalue weighted by molar-refractivity contribution is 8.00. The molecule has 44 heavy (non-hydrogen) atoms. The van der Waals surface area contributed by atoms with Gasteiger partial charge in [-0.1, -0.05) is 109 Å². The topological polar surface area (TPSA) is 43.6 Å². The lowest BCUT2D eigenvalue weighted by Crippen LogP contribution is -2.07. The summed E-state index contributed by atoms with van der Waals surface area (Å²) in [6.45, 7) is 0. The minimum atomic E-state index is 0.367. The first kappa shape index (κ1) is 25.3. The van der Waals surface area contributed by atoms with E-state index in [9.17, 15) is 0 Å². The number of hydrogen-bond donors (Lipinski definition) is 0. The van der Waals surface area contributed by atoms with Crippen molar-refractivity contribution < 1.29 is 0 Å². The molecular formula is C39H26N4S. The molecule has 0 saturated heterocycles. The summed E-state index contributed by atoms with van der Waals surface area (Å²) < 4.78 is 2.33. The van der Waals surface area contributed by atoms with Crippen LogP contribution in [0.3, 0.4) is 0 Å².